The number of hydrogen-bond acceptors (Lipinski definition) is 2. The molecule has 1 amide bonds. The summed E-state index contributed by atoms with van der Waals surface area (Å²) in [6, 6.07) is -12.5. The number of morpholine rings is 1. The lowest BCUT2D eigenvalue weighted by atomic mass is 10.3. The van der Waals surface area contributed by atoms with Crippen molar-refractivity contribution in [3.63, 3.8) is 0 Å². The van der Waals surface area contributed by atoms with Crippen LogP contribution in [-0.2, 0) is 4.74 Å². The number of nitrogens with zero attached hydrogens (tertiary/aromatic N) is 1. The van der Waals surface area contributed by atoms with Crippen LogP contribution in [-0.4, -0.2) is 35.4 Å². The van der Waals surface area contributed by atoms with Crippen molar-refractivity contribution < 1.29 is 49.0 Å². The highest BCUT2D eigenvalue weighted by Gasteiger charge is 2.84. The van der Waals surface area contributed by atoms with Gasteiger partial charge in [0.2, 0.25) is 0 Å². The fourth-order valence-electron chi connectivity index (χ4n) is 0.941. The van der Waals surface area contributed by atoms with E-state index in [2.05, 4.69) is 0 Å². The van der Waals surface area contributed by atoms with Crippen molar-refractivity contribution >= 4 is 6.16 Å². The first-order valence-electron chi connectivity index (χ1n) is 3.48. The third kappa shape index (κ3) is 1.61. The third-order valence-corrected chi connectivity index (χ3v) is 1.69. The molecule has 0 unspecified atom stereocenters. The summed E-state index contributed by atoms with van der Waals surface area (Å²) in [5, 5.41) is 0. The van der Waals surface area contributed by atoms with Crippen molar-refractivity contribution in [1.82, 2.24) is 4.90 Å². The first kappa shape index (κ1) is 13.9. The summed E-state index contributed by atoms with van der Waals surface area (Å²) in [6.45, 7) is 0. The maximum atomic E-state index is 12.5. The van der Waals surface area contributed by atoms with E-state index in [4.69, 9.17) is 0 Å². The fraction of sp³-hybridized carbons (Fsp3) is 0.800. The average molecular weight is 277 g/mol. The zero-order chi connectivity index (χ0) is 13.9. The molecule has 100 valence electrons. The van der Waals surface area contributed by atoms with Crippen LogP contribution in [0.5, 0.6) is 0 Å². The monoisotopic (exact) mass is 277 g/mol. The highest BCUT2D eigenvalue weighted by molar-refractivity contribution is 5.67. The van der Waals surface area contributed by atoms with Crippen LogP contribution >= 0.6 is 0 Å². The Hall–Kier alpha value is -1.20. The van der Waals surface area contributed by atoms with Crippen LogP contribution < -0.4 is 0 Å². The van der Waals surface area contributed by atoms with E-state index >= 15 is 0 Å². The summed E-state index contributed by atoms with van der Waals surface area (Å²) in [7, 11) is 0. The minimum atomic E-state index is -6.27. The Morgan fingerprint density at radius 2 is 1.12 bits per heavy atom. The van der Waals surface area contributed by atoms with Gasteiger partial charge in [-0.05, 0) is 0 Å². The quantitative estimate of drug-likeness (QED) is 0.387. The van der Waals surface area contributed by atoms with Gasteiger partial charge in [0.1, 0.15) is 0 Å². The van der Waals surface area contributed by atoms with E-state index in [9.17, 15) is 44.3 Å². The molecule has 0 bridgehead atoms. The SMILES string of the molecule is O=C(F)N1C(F)(F)C(F)(F)OC(F)(F)C1(F)F. The highest BCUT2D eigenvalue weighted by Crippen LogP contribution is 2.55. The molecule has 0 atom stereocenters. The van der Waals surface area contributed by atoms with E-state index in [1.165, 1.54) is 0 Å². The third-order valence-electron chi connectivity index (χ3n) is 1.69. The molecule has 0 N–H and O–H groups in total. The predicted octanol–water partition coefficient (Wildman–Crippen LogP) is 2.78. The molecule has 12 heteroatoms. The molecule has 1 rings (SSSR count). The van der Waals surface area contributed by atoms with Gasteiger partial charge in [0.15, 0.2) is 0 Å². The molecule has 3 nitrogen and oxygen atoms in total. The topological polar surface area (TPSA) is 29.5 Å². The maximum absolute atomic E-state index is 12.5. The Labute approximate surface area is 85.7 Å². The lowest BCUT2D eigenvalue weighted by Crippen LogP contribution is -2.74. The fourth-order valence-corrected chi connectivity index (χ4v) is 0.941. The molecule has 0 radical (unpaired) electrons. The molecule has 0 aliphatic carbocycles. The first-order chi connectivity index (χ1) is 7.27. The molecule has 0 saturated carbocycles. The van der Waals surface area contributed by atoms with Crippen LogP contribution in [0.15, 0.2) is 0 Å². The molecular formula is C5F9NO2. The van der Waals surface area contributed by atoms with Gasteiger partial charge >= 0.3 is 30.5 Å². The number of rotatable bonds is 0. The van der Waals surface area contributed by atoms with Crippen molar-refractivity contribution in [3.05, 3.63) is 0 Å². The van der Waals surface area contributed by atoms with Gasteiger partial charge < -0.3 is 0 Å². The number of carbonyl (C=O) groups excluding carboxylic acids is 1. The minimum Gasteiger partial charge on any atom is -0.242 e. The number of carbonyl (C=O) groups is 1. The molecule has 0 aromatic rings. The zero-order valence-corrected chi connectivity index (χ0v) is 7.17. The second-order valence-corrected chi connectivity index (χ2v) is 2.81. The molecule has 1 saturated heterocycles. The van der Waals surface area contributed by atoms with E-state index in [1.807, 2.05) is 4.74 Å². The van der Waals surface area contributed by atoms with Gasteiger partial charge in [0.25, 0.3) is 0 Å². The number of ether oxygens (including phenoxy) is 1. The second-order valence-electron chi connectivity index (χ2n) is 2.81. The maximum Gasteiger partial charge on any atom is 0.446 e. The standard InChI is InChI=1S/C5F9NO2/c6-1(16)15-2(7,8)4(11,12)17-5(13,14)3(15,9)10. The lowest BCUT2D eigenvalue weighted by molar-refractivity contribution is -0.553. The van der Waals surface area contributed by atoms with Gasteiger partial charge in [-0.15, -0.1) is 4.39 Å². The van der Waals surface area contributed by atoms with Gasteiger partial charge in [-0.3, -0.25) is 0 Å². The Bertz CT molecular complexity index is 327. The van der Waals surface area contributed by atoms with Crippen molar-refractivity contribution in [3.8, 4) is 0 Å². The summed E-state index contributed by atoms with van der Waals surface area (Å²) in [5.74, 6) is 0. The largest absolute Gasteiger partial charge is 0.446 e. The van der Waals surface area contributed by atoms with Crippen LogP contribution in [0.25, 0.3) is 0 Å². The Morgan fingerprint density at radius 1 is 0.824 bits per heavy atom. The van der Waals surface area contributed by atoms with E-state index in [0.717, 1.165) is 0 Å². The van der Waals surface area contributed by atoms with Gasteiger partial charge in [-0.25, -0.2) is 9.53 Å². The predicted molar refractivity (Wildman–Crippen MR) is 29.2 cm³/mol. The lowest BCUT2D eigenvalue weighted by Gasteiger charge is -2.45. The van der Waals surface area contributed by atoms with Crippen LogP contribution in [0.4, 0.5) is 44.3 Å². The van der Waals surface area contributed by atoms with Crippen molar-refractivity contribution in [1.29, 1.82) is 0 Å². The van der Waals surface area contributed by atoms with E-state index in [0.29, 0.717) is 0 Å². The van der Waals surface area contributed by atoms with Crippen LogP contribution in [0.3, 0.4) is 0 Å². The van der Waals surface area contributed by atoms with Gasteiger partial charge in [-0.1, -0.05) is 0 Å². The zero-order valence-electron chi connectivity index (χ0n) is 7.17. The van der Waals surface area contributed by atoms with Crippen molar-refractivity contribution in [2.24, 2.45) is 0 Å². The van der Waals surface area contributed by atoms with Crippen molar-refractivity contribution in [2.45, 2.75) is 24.3 Å². The first-order valence-corrected chi connectivity index (χ1v) is 3.48. The minimum absolute atomic E-state index is 1.94. The normalized spacial score (nSPS) is 28.9. The molecule has 1 heterocycles. The number of hydrogen-bond donors (Lipinski definition) is 0. The van der Waals surface area contributed by atoms with Crippen LogP contribution in [0.1, 0.15) is 0 Å². The summed E-state index contributed by atoms with van der Waals surface area (Å²) in [4.78, 5) is 6.93. The molecule has 1 aliphatic rings. The highest BCUT2D eigenvalue weighted by atomic mass is 19.4. The van der Waals surface area contributed by atoms with E-state index in [-0.39, 0.29) is 0 Å². The molecule has 0 spiro atoms. The molecular weight excluding hydrogens is 277 g/mol. The molecule has 0 aromatic heterocycles. The Balaban J connectivity index is 3.43. The smallest absolute Gasteiger partial charge is 0.242 e. The van der Waals surface area contributed by atoms with E-state index < -0.39 is 35.4 Å². The second kappa shape index (κ2) is 3.17. The molecule has 1 fully saturated rings. The number of halogens is 9. The summed E-state index contributed by atoms with van der Waals surface area (Å²) < 4.78 is 113. The Morgan fingerprint density at radius 3 is 1.35 bits per heavy atom. The Kier molecular flexibility index (Phi) is 2.59. The van der Waals surface area contributed by atoms with Crippen LogP contribution in [0, 0.1) is 0 Å². The number of alkyl halides is 8. The van der Waals surface area contributed by atoms with Gasteiger partial charge in [0.05, 0.1) is 0 Å². The van der Waals surface area contributed by atoms with Crippen molar-refractivity contribution in [2.75, 3.05) is 0 Å². The van der Waals surface area contributed by atoms with E-state index in [1.54, 1.807) is 0 Å². The van der Waals surface area contributed by atoms with Crippen LogP contribution in [0.2, 0.25) is 0 Å². The average Bonchev–Trinajstić information content (AvgIpc) is 1.96. The molecule has 0 aromatic carbocycles. The molecule has 1 aliphatic heterocycles. The van der Waals surface area contributed by atoms with Gasteiger partial charge in [-0.2, -0.15) is 40.0 Å². The van der Waals surface area contributed by atoms with Gasteiger partial charge in [0, 0.05) is 0 Å². The number of amides is 1. The molecule has 17 heavy (non-hydrogen) atoms. The summed E-state index contributed by atoms with van der Waals surface area (Å²) >= 11 is 0. The summed E-state index contributed by atoms with van der Waals surface area (Å²) in [5.41, 5.74) is 0. The summed E-state index contributed by atoms with van der Waals surface area (Å²) in [6.07, 6.45) is -16.2.